The second-order valence-corrected chi connectivity index (χ2v) is 6.39. The molecule has 2 rings (SSSR count). The largest absolute Gasteiger partial charge is 0.483 e. The summed E-state index contributed by atoms with van der Waals surface area (Å²) in [6.07, 6.45) is 0. The van der Waals surface area contributed by atoms with Crippen LogP contribution in [0, 0.1) is 13.8 Å². The van der Waals surface area contributed by atoms with E-state index < -0.39 is 0 Å². The Labute approximate surface area is 130 Å². The summed E-state index contributed by atoms with van der Waals surface area (Å²) in [4.78, 5) is 11.8. The fraction of sp³-hybridized carbons (Fsp3) is 0.412. The summed E-state index contributed by atoms with van der Waals surface area (Å²) in [5.74, 6) is 1.47. The Morgan fingerprint density at radius 1 is 1.27 bits per heavy atom. The van der Waals surface area contributed by atoms with Crippen molar-refractivity contribution in [3.8, 4) is 5.75 Å². The normalized spacial score (nSPS) is 11.3. The molecule has 0 aliphatic heterocycles. The van der Waals surface area contributed by atoms with E-state index in [9.17, 15) is 4.79 Å². The van der Waals surface area contributed by atoms with Gasteiger partial charge in [0.2, 0.25) is 0 Å². The fourth-order valence-corrected chi connectivity index (χ4v) is 2.03. The first-order chi connectivity index (χ1) is 10.3. The molecular formula is C17H22N2O3. The van der Waals surface area contributed by atoms with Crippen molar-refractivity contribution in [2.75, 3.05) is 11.9 Å². The van der Waals surface area contributed by atoms with E-state index in [1.165, 1.54) is 5.56 Å². The first-order valence-corrected chi connectivity index (χ1v) is 7.23. The number of ether oxygens (including phenoxy) is 1. The number of carbonyl (C=O) groups is 1. The zero-order valence-electron chi connectivity index (χ0n) is 13.7. The molecule has 0 saturated heterocycles. The van der Waals surface area contributed by atoms with Crippen LogP contribution < -0.4 is 10.1 Å². The lowest BCUT2D eigenvalue weighted by Crippen LogP contribution is -2.20. The maximum atomic E-state index is 11.8. The minimum Gasteiger partial charge on any atom is -0.483 e. The molecule has 0 saturated carbocycles. The highest BCUT2D eigenvalue weighted by molar-refractivity contribution is 5.90. The summed E-state index contributed by atoms with van der Waals surface area (Å²) in [5, 5.41) is 6.32. The number of aryl methyl sites for hydroxylation is 2. The van der Waals surface area contributed by atoms with E-state index >= 15 is 0 Å². The molecule has 0 aliphatic rings. The van der Waals surface area contributed by atoms with E-state index in [0.717, 1.165) is 5.56 Å². The van der Waals surface area contributed by atoms with Crippen LogP contribution in [0.4, 0.5) is 5.82 Å². The Morgan fingerprint density at radius 2 is 2.00 bits per heavy atom. The number of aromatic nitrogens is 1. The summed E-state index contributed by atoms with van der Waals surface area (Å²) in [7, 11) is 0. The number of hydrogen-bond acceptors (Lipinski definition) is 4. The SMILES string of the molecule is Cc1cc(NC(=O)COc2ccc(C(C)(C)C)cc2C)no1. The molecule has 0 aliphatic carbocycles. The van der Waals surface area contributed by atoms with Crippen LogP contribution in [0.1, 0.15) is 37.7 Å². The number of nitrogens with zero attached hydrogens (tertiary/aromatic N) is 1. The number of rotatable bonds is 4. The Morgan fingerprint density at radius 3 is 2.55 bits per heavy atom. The first kappa shape index (κ1) is 16.1. The van der Waals surface area contributed by atoms with Crippen molar-refractivity contribution in [1.82, 2.24) is 5.16 Å². The van der Waals surface area contributed by atoms with E-state index in [1.807, 2.05) is 19.1 Å². The Balaban J connectivity index is 1.95. The number of benzene rings is 1. The van der Waals surface area contributed by atoms with Gasteiger partial charge in [-0.1, -0.05) is 38.1 Å². The second kappa shape index (κ2) is 6.22. The molecule has 0 atom stereocenters. The molecule has 5 nitrogen and oxygen atoms in total. The third kappa shape index (κ3) is 4.10. The molecule has 0 fully saturated rings. The van der Waals surface area contributed by atoms with Gasteiger partial charge in [-0.25, -0.2) is 0 Å². The predicted octanol–water partition coefficient (Wildman–Crippen LogP) is 3.61. The van der Waals surface area contributed by atoms with Gasteiger partial charge in [-0.3, -0.25) is 4.79 Å². The van der Waals surface area contributed by atoms with Crippen molar-refractivity contribution in [3.05, 3.63) is 41.2 Å². The van der Waals surface area contributed by atoms with Crippen LogP contribution in [0.5, 0.6) is 5.75 Å². The molecule has 1 amide bonds. The average molecular weight is 302 g/mol. The molecule has 1 aromatic carbocycles. The summed E-state index contributed by atoms with van der Waals surface area (Å²) in [6, 6.07) is 7.68. The lowest BCUT2D eigenvalue weighted by Gasteiger charge is -2.20. The van der Waals surface area contributed by atoms with Gasteiger partial charge in [0.25, 0.3) is 5.91 Å². The van der Waals surface area contributed by atoms with Gasteiger partial charge in [0.1, 0.15) is 11.5 Å². The monoisotopic (exact) mass is 302 g/mol. The number of amides is 1. The maximum Gasteiger partial charge on any atom is 0.263 e. The molecule has 0 radical (unpaired) electrons. The standard InChI is InChI=1S/C17H22N2O3/c1-11-8-13(17(3,4)5)6-7-14(11)21-10-16(20)18-15-9-12(2)22-19-15/h6-9H,10H2,1-5H3,(H,18,19,20). The lowest BCUT2D eigenvalue weighted by atomic mass is 9.86. The zero-order chi connectivity index (χ0) is 16.3. The molecule has 118 valence electrons. The van der Waals surface area contributed by atoms with Crippen LogP contribution in [0.2, 0.25) is 0 Å². The van der Waals surface area contributed by atoms with Crippen molar-refractivity contribution in [1.29, 1.82) is 0 Å². The molecule has 0 spiro atoms. The van der Waals surface area contributed by atoms with Gasteiger partial charge in [0.15, 0.2) is 12.4 Å². The zero-order valence-corrected chi connectivity index (χ0v) is 13.7. The molecule has 1 aromatic heterocycles. The van der Waals surface area contributed by atoms with Crippen molar-refractivity contribution < 1.29 is 14.1 Å². The van der Waals surface area contributed by atoms with Crippen LogP contribution >= 0.6 is 0 Å². The Kier molecular flexibility index (Phi) is 4.54. The van der Waals surface area contributed by atoms with E-state index in [1.54, 1.807) is 13.0 Å². The smallest absolute Gasteiger partial charge is 0.263 e. The van der Waals surface area contributed by atoms with E-state index in [0.29, 0.717) is 17.3 Å². The quantitative estimate of drug-likeness (QED) is 0.937. The Hall–Kier alpha value is -2.30. The third-order valence-corrected chi connectivity index (χ3v) is 3.30. The molecule has 5 heteroatoms. The molecule has 0 unspecified atom stereocenters. The van der Waals surface area contributed by atoms with Crippen LogP contribution in [0.25, 0.3) is 0 Å². The highest BCUT2D eigenvalue weighted by atomic mass is 16.5. The molecule has 1 N–H and O–H groups in total. The van der Waals surface area contributed by atoms with Gasteiger partial charge >= 0.3 is 0 Å². The van der Waals surface area contributed by atoms with E-state index in [-0.39, 0.29) is 17.9 Å². The maximum absolute atomic E-state index is 11.8. The van der Waals surface area contributed by atoms with Crippen LogP contribution in [-0.4, -0.2) is 17.7 Å². The Bertz CT molecular complexity index is 669. The summed E-state index contributed by atoms with van der Waals surface area (Å²) in [6.45, 7) is 10.2. The second-order valence-electron chi connectivity index (χ2n) is 6.39. The van der Waals surface area contributed by atoms with Crippen molar-refractivity contribution >= 4 is 11.7 Å². The van der Waals surface area contributed by atoms with E-state index in [2.05, 4.69) is 37.3 Å². The summed E-state index contributed by atoms with van der Waals surface area (Å²) < 4.78 is 10.5. The molecule has 2 aromatic rings. The van der Waals surface area contributed by atoms with E-state index in [4.69, 9.17) is 9.26 Å². The van der Waals surface area contributed by atoms with Gasteiger partial charge in [-0.15, -0.1) is 0 Å². The number of carbonyl (C=O) groups excluding carboxylic acids is 1. The van der Waals surface area contributed by atoms with Crippen molar-refractivity contribution in [3.63, 3.8) is 0 Å². The van der Waals surface area contributed by atoms with Crippen molar-refractivity contribution in [2.24, 2.45) is 0 Å². The highest BCUT2D eigenvalue weighted by Gasteiger charge is 2.15. The van der Waals surface area contributed by atoms with Crippen LogP contribution in [0.3, 0.4) is 0 Å². The topological polar surface area (TPSA) is 64.4 Å². The molecule has 22 heavy (non-hydrogen) atoms. The van der Waals surface area contributed by atoms with Crippen LogP contribution in [-0.2, 0) is 10.2 Å². The van der Waals surface area contributed by atoms with Gasteiger partial charge in [-0.2, -0.15) is 0 Å². The van der Waals surface area contributed by atoms with Gasteiger partial charge in [0.05, 0.1) is 0 Å². The first-order valence-electron chi connectivity index (χ1n) is 7.23. The van der Waals surface area contributed by atoms with Crippen LogP contribution in [0.15, 0.2) is 28.8 Å². The number of anilines is 1. The third-order valence-electron chi connectivity index (χ3n) is 3.30. The molecule has 1 heterocycles. The average Bonchev–Trinajstić information content (AvgIpc) is 2.81. The molecule has 0 bridgehead atoms. The number of hydrogen-bond donors (Lipinski definition) is 1. The summed E-state index contributed by atoms with van der Waals surface area (Å²) in [5.41, 5.74) is 2.34. The van der Waals surface area contributed by atoms with Gasteiger partial charge < -0.3 is 14.6 Å². The van der Waals surface area contributed by atoms with Crippen molar-refractivity contribution in [2.45, 2.75) is 40.0 Å². The predicted molar refractivity (Wildman–Crippen MR) is 85.2 cm³/mol. The molecular weight excluding hydrogens is 280 g/mol. The minimum atomic E-state index is -0.271. The van der Waals surface area contributed by atoms with Gasteiger partial charge in [-0.05, 0) is 36.5 Å². The fourth-order valence-electron chi connectivity index (χ4n) is 2.03. The highest BCUT2D eigenvalue weighted by Crippen LogP contribution is 2.27. The minimum absolute atomic E-state index is 0.0678. The lowest BCUT2D eigenvalue weighted by molar-refractivity contribution is -0.118. The number of nitrogens with one attached hydrogen (secondary N) is 1. The van der Waals surface area contributed by atoms with Gasteiger partial charge in [0, 0.05) is 6.07 Å². The summed E-state index contributed by atoms with van der Waals surface area (Å²) >= 11 is 0.